The van der Waals surface area contributed by atoms with Crippen molar-refractivity contribution >= 4 is 23.5 Å². The van der Waals surface area contributed by atoms with Gasteiger partial charge in [0.05, 0.1) is 30.8 Å². The monoisotopic (exact) mass is 317 g/mol. The van der Waals surface area contributed by atoms with Crippen LogP contribution in [0.4, 0.5) is 5.69 Å². The molecular weight excluding hydrogens is 302 g/mol. The van der Waals surface area contributed by atoms with E-state index in [1.807, 2.05) is 0 Å². The lowest BCUT2D eigenvalue weighted by atomic mass is 9.82. The highest BCUT2D eigenvalue weighted by molar-refractivity contribution is 5.98. The molecule has 23 heavy (non-hydrogen) atoms. The molecule has 1 fully saturated rings. The van der Waals surface area contributed by atoms with Gasteiger partial charge in [-0.25, -0.2) is 4.79 Å². The Bertz CT molecular complexity index is 698. The van der Waals surface area contributed by atoms with Gasteiger partial charge in [0.25, 0.3) is 0 Å². The summed E-state index contributed by atoms with van der Waals surface area (Å²) < 4.78 is 10.1. The van der Waals surface area contributed by atoms with E-state index in [2.05, 4.69) is 10.1 Å². The number of nitrogens with one attached hydrogen (secondary N) is 1. The van der Waals surface area contributed by atoms with Crippen LogP contribution in [0.3, 0.4) is 0 Å². The predicted molar refractivity (Wildman–Crippen MR) is 78.8 cm³/mol. The van der Waals surface area contributed by atoms with E-state index in [1.165, 1.54) is 13.2 Å². The Balaban J connectivity index is 1.78. The van der Waals surface area contributed by atoms with Crippen molar-refractivity contribution in [3.63, 3.8) is 0 Å². The molecule has 7 nitrogen and oxygen atoms in total. The van der Waals surface area contributed by atoms with Crippen LogP contribution in [0.2, 0.25) is 0 Å². The molecule has 2 unspecified atom stereocenters. The summed E-state index contributed by atoms with van der Waals surface area (Å²) >= 11 is 0. The van der Waals surface area contributed by atoms with Gasteiger partial charge < -0.3 is 19.9 Å². The molecule has 2 aliphatic heterocycles. The number of carbonyl (C=O) groups is 3. The van der Waals surface area contributed by atoms with Crippen LogP contribution in [0.5, 0.6) is 0 Å². The Hall–Kier alpha value is -2.67. The number of hydrogen-bond acceptors (Lipinski definition) is 5. The van der Waals surface area contributed by atoms with Crippen LogP contribution in [0.15, 0.2) is 36.4 Å². The van der Waals surface area contributed by atoms with Crippen molar-refractivity contribution in [1.82, 2.24) is 0 Å². The number of amides is 1. The number of carboxylic acids is 1. The van der Waals surface area contributed by atoms with E-state index in [-0.39, 0.29) is 0 Å². The second-order valence-electron chi connectivity index (χ2n) is 5.40. The van der Waals surface area contributed by atoms with Crippen LogP contribution in [-0.2, 0) is 19.1 Å². The normalized spacial score (nSPS) is 27.7. The van der Waals surface area contributed by atoms with Crippen molar-refractivity contribution in [3.05, 3.63) is 42.0 Å². The largest absolute Gasteiger partial charge is 0.481 e. The maximum absolute atomic E-state index is 12.5. The van der Waals surface area contributed by atoms with E-state index in [9.17, 15) is 19.5 Å². The number of hydrogen-bond donors (Lipinski definition) is 2. The summed E-state index contributed by atoms with van der Waals surface area (Å²) in [6, 6.07) is 6.26. The van der Waals surface area contributed by atoms with Crippen LogP contribution < -0.4 is 5.32 Å². The minimum absolute atomic E-state index is 0.296. The third kappa shape index (κ3) is 2.70. The predicted octanol–water partition coefficient (Wildman–Crippen LogP) is 1.07. The number of esters is 1. The summed E-state index contributed by atoms with van der Waals surface area (Å²) in [7, 11) is 1.27. The maximum Gasteiger partial charge on any atom is 0.337 e. The Morgan fingerprint density at radius 1 is 1.17 bits per heavy atom. The van der Waals surface area contributed by atoms with Crippen LogP contribution >= 0.6 is 0 Å². The molecule has 0 radical (unpaired) electrons. The van der Waals surface area contributed by atoms with E-state index < -0.39 is 41.9 Å². The van der Waals surface area contributed by atoms with E-state index >= 15 is 0 Å². The highest BCUT2D eigenvalue weighted by atomic mass is 16.5. The lowest BCUT2D eigenvalue weighted by Crippen LogP contribution is -2.39. The zero-order valence-electron chi connectivity index (χ0n) is 12.3. The first-order chi connectivity index (χ1) is 11.0. The molecule has 120 valence electrons. The molecule has 3 rings (SSSR count). The molecule has 1 amide bonds. The Morgan fingerprint density at radius 2 is 1.87 bits per heavy atom. The molecule has 0 aliphatic carbocycles. The number of fused-ring (bicyclic) bond motifs is 2. The van der Waals surface area contributed by atoms with Gasteiger partial charge in [0.15, 0.2) is 0 Å². The number of ether oxygens (including phenoxy) is 2. The number of rotatable bonds is 4. The van der Waals surface area contributed by atoms with Crippen molar-refractivity contribution in [2.24, 2.45) is 11.8 Å². The number of carboxylic acid groups (broad SMARTS) is 1. The Labute approximate surface area is 131 Å². The second-order valence-corrected chi connectivity index (χ2v) is 5.40. The van der Waals surface area contributed by atoms with Crippen molar-refractivity contribution in [2.75, 3.05) is 12.4 Å². The highest BCUT2D eigenvalue weighted by Crippen LogP contribution is 2.39. The number of aliphatic carboxylic acids is 1. The van der Waals surface area contributed by atoms with Crippen molar-refractivity contribution in [2.45, 2.75) is 12.2 Å². The summed E-state index contributed by atoms with van der Waals surface area (Å²) in [4.78, 5) is 35.4. The van der Waals surface area contributed by atoms with Gasteiger partial charge in [-0.3, -0.25) is 9.59 Å². The minimum Gasteiger partial charge on any atom is -0.481 e. The molecule has 4 atom stereocenters. The lowest BCUT2D eigenvalue weighted by Gasteiger charge is -2.21. The van der Waals surface area contributed by atoms with Crippen molar-refractivity contribution in [3.8, 4) is 0 Å². The summed E-state index contributed by atoms with van der Waals surface area (Å²) in [6.45, 7) is 0. The van der Waals surface area contributed by atoms with Gasteiger partial charge in [-0.05, 0) is 18.2 Å². The minimum atomic E-state index is -1.06. The Morgan fingerprint density at radius 3 is 2.52 bits per heavy atom. The van der Waals surface area contributed by atoms with Crippen LogP contribution in [0, 0.1) is 11.8 Å². The molecule has 0 aromatic heterocycles. The molecule has 2 bridgehead atoms. The standard InChI is InChI=1S/C16H15NO6/c1-22-16(21)8-3-2-4-9(7-8)17-14(18)12-10-5-6-11(23-10)13(12)15(19)20/h2-7,10-13H,1H3,(H,17,18)(H,19,20)/t10-,11+,12?,13?/m1/s1. The Kier molecular flexibility index (Phi) is 3.87. The quantitative estimate of drug-likeness (QED) is 0.636. The van der Waals surface area contributed by atoms with Crippen LogP contribution in [-0.4, -0.2) is 42.3 Å². The summed E-state index contributed by atoms with van der Waals surface area (Å²) in [5.41, 5.74) is 0.693. The molecule has 0 saturated carbocycles. The highest BCUT2D eigenvalue weighted by Gasteiger charge is 2.53. The molecule has 7 heteroatoms. The molecule has 1 saturated heterocycles. The number of carbonyl (C=O) groups excluding carboxylic acids is 2. The first-order valence-electron chi connectivity index (χ1n) is 7.07. The lowest BCUT2D eigenvalue weighted by molar-refractivity contribution is -0.145. The van der Waals surface area contributed by atoms with Crippen LogP contribution in [0.25, 0.3) is 0 Å². The zero-order chi connectivity index (χ0) is 16.6. The van der Waals surface area contributed by atoms with Crippen molar-refractivity contribution in [1.29, 1.82) is 0 Å². The van der Waals surface area contributed by atoms with Gasteiger partial charge >= 0.3 is 11.9 Å². The van der Waals surface area contributed by atoms with Gasteiger partial charge in [-0.2, -0.15) is 0 Å². The smallest absolute Gasteiger partial charge is 0.337 e. The fourth-order valence-corrected chi connectivity index (χ4v) is 2.98. The molecule has 0 spiro atoms. The number of benzene rings is 1. The van der Waals surface area contributed by atoms with E-state index in [1.54, 1.807) is 30.4 Å². The first kappa shape index (κ1) is 15.2. The topological polar surface area (TPSA) is 102 Å². The average molecular weight is 317 g/mol. The molecule has 1 aromatic rings. The molecule has 2 aliphatic rings. The van der Waals surface area contributed by atoms with Gasteiger partial charge in [0.2, 0.25) is 5.91 Å². The maximum atomic E-state index is 12.5. The fraction of sp³-hybridized carbons (Fsp3) is 0.312. The third-order valence-electron chi connectivity index (χ3n) is 4.04. The fourth-order valence-electron chi connectivity index (χ4n) is 2.98. The van der Waals surface area contributed by atoms with Crippen LogP contribution in [0.1, 0.15) is 10.4 Å². The number of anilines is 1. The molecular formula is C16H15NO6. The molecule has 2 heterocycles. The number of methoxy groups -OCH3 is 1. The van der Waals surface area contributed by atoms with Gasteiger partial charge in [0.1, 0.15) is 5.92 Å². The van der Waals surface area contributed by atoms with Crippen molar-refractivity contribution < 1.29 is 29.0 Å². The second kappa shape index (κ2) is 5.85. The summed E-state index contributed by atoms with van der Waals surface area (Å²) in [6.07, 6.45) is 2.27. The average Bonchev–Trinajstić information content (AvgIpc) is 3.15. The van der Waals surface area contributed by atoms with E-state index in [0.29, 0.717) is 11.3 Å². The summed E-state index contributed by atoms with van der Waals surface area (Å²) in [5, 5.41) is 12.0. The summed E-state index contributed by atoms with van der Waals surface area (Å²) in [5.74, 6) is -3.74. The molecule has 2 N–H and O–H groups in total. The zero-order valence-corrected chi connectivity index (χ0v) is 12.3. The van der Waals surface area contributed by atoms with E-state index in [0.717, 1.165) is 0 Å². The first-order valence-corrected chi connectivity index (χ1v) is 7.07. The third-order valence-corrected chi connectivity index (χ3v) is 4.04. The van der Waals surface area contributed by atoms with Gasteiger partial charge in [-0.15, -0.1) is 0 Å². The van der Waals surface area contributed by atoms with E-state index in [4.69, 9.17) is 4.74 Å². The SMILES string of the molecule is COC(=O)c1cccc(NC(=O)C2C(C(=O)O)[C@@H]3C=C[C@H]2O3)c1. The molecule has 1 aromatic carbocycles. The van der Waals surface area contributed by atoms with Gasteiger partial charge in [-0.1, -0.05) is 18.2 Å². The van der Waals surface area contributed by atoms with Gasteiger partial charge in [0, 0.05) is 5.69 Å².